The van der Waals surface area contributed by atoms with Gasteiger partial charge in [-0.15, -0.1) is 0 Å². The third-order valence-electron chi connectivity index (χ3n) is 7.00. The van der Waals surface area contributed by atoms with Crippen LogP contribution in [0.2, 0.25) is 0 Å². The lowest BCUT2D eigenvalue weighted by atomic mass is 9.88. The number of aliphatic carboxylic acids is 1. The highest BCUT2D eigenvalue weighted by Crippen LogP contribution is 2.20. The minimum atomic E-state index is -4.62. The first kappa shape index (κ1) is 42.6. The number of allylic oxidation sites excluding steroid dienone is 16. The maximum Gasteiger partial charge on any atom is 0.397 e. The Morgan fingerprint density at radius 3 is 1.74 bits per heavy atom. The van der Waals surface area contributed by atoms with E-state index in [1.807, 2.05) is 49.5 Å². The molecule has 0 aromatic heterocycles. The molecule has 0 saturated carbocycles. The number of rotatable bonds is 22. The van der Waals surface area contributed by atoms with Crippen LogP contribution in [-0.2, 0) is 19.4 Å². The van der Waals surface area contributed by atoms with Gasteiger partial charge in [-0.2, -0.15) is 8.42 Å². The van der Waals surface area contributed by atoms with E-state index >= 15 is 0 Å². The first-order valence-electron chi connectivity index (χ1n) is 15.3. The van der Waals surface area contributed by atoms with Crippen molar-refractivity contribution in [3.63, 3.8) is 0 Å². The topological polar surface area (TPSA) is 162 Å². The van der Waals surface area contributed by atoms with Gasteiger partial charge in [-0.1, -0.05) is 136 Å². The van der Waals surface area contributed by atoms with E-state index in [0.29, 0.717) is 0 Å². The summed E-state index contributed by atoms with van der Waals surface area (Å²) in [6.07, 6.45) is 32.5. The highest BCUT2D eigenvalue weighted by molar-refractivity contribution is 7.80. The van der Waals surface area contributed by atoms with Crippen LogP contribution < -0.4 is 0 Å². The molecule has 0 aliphatic carbocycles. The van der Waals surface area contributed by atoms with Crippen LogP contribution in [0.25, 0.3) is 0 Å². The second-order valence-electron chi connectivity index (χ2n) is 10.9. The van der Waals surface area contributed by atoms with Crippen LogP contribution in [0.5, 0.6) is 0 Å². The molecular formula is C36H52O9S. The zero-order chi connectivity index (χ0) is 35.0. The zero-order valence-corrected chi connectivity index (χ0v) is 28.2. The second-order valence-corrected chi connectivity index (χ2v) is 12.0. The summed E-state index contributed by atoms with van der Waals surface area (Å²) < 4.78 is 35.7. The lowest BCUT2D eigenvalue weighted by molar-refractivity contribution is -0.132. The Labute approximate surface area is 275 Å². The fourth-order valence-corrected chi connectivity index (χ4v) is 4.34. The first-order valence-corrected chi connectivity index (χ1v) is 16.6. The summed E-state index contributed by atoms with van der Waals surface area (Å²) >= 11 is 0. The Balaban J connectivity index is 4.53. The highest BCUT2D eigenvalue weighted by Gasteiger charge is 2.26. The molecule has 256 valence electrons. The number of hydrogen-bond acceptors (Lipinski definition) is 7. The summed E-state index contributed by atoms with van der Waals surface area (Å²) in [5.74, 6) is -1.93. The van der Waals surface area contributed by atoms with Gasteiger partial charge in [0.05, 0.1) is 24.4 Å². The number of carbonyl (C=O) groups is 1. The van der Waals surface area contributed by atoms with E-state index in [-0.39, 0.29) is 23.8 Å². The van der Waals surface area contributed by atoms with Crippen molar-refractivity contribution in [3.8, 4) is 0 Å². The maximum absolute atomic E-state index is 11.0. The Hall–Kier alpha value is -3.38. The second kappa shape index (κ2) is 24.8. The van der Waals surface area contributed by atoms with Gasteiger partial charge >= 0.3 is 16.4 Å². The van der Waals surface area contributed by atoms with Crippen molar-refractivity contribution in [2.24, 2.45) is 17.8 Å². The van der Waals surface area contributed by atoms with Gasteiger partial charge in [-0.05, 0) is 33.1 Å². The molecule has 9 nitrogen and oxygen atoms in total. The van der Waals surface area contributed by atoms with Crippen molar-refractivity contribution in [1.82, 2.24) is 0 Å². The van der Waals surface area contributed by atoms with E-state index in [0.717, 1.165) is 12.8 Å². The van der Waals surface area contributed by atoms with E-state index in [1.54, 1.807) is 80.7 Å². The molecule has 0 aromatic carbocycles. The van der Waals surface area contributed by atoms with E-state index in [4.69, 9.17) is 9.66 Å². The van der Waals surface area contributed by atoms with Gasteiger partial charge in [0, 0.05) is 23.3 Å². The van der Waals surface area contributed by atoms with Crippen LogP contribution in [0.3, 0.4) is 0 Å². The van der Waals surface area contributed by atoms with Gasteiger partial charge in [0.1, 0.15) is 0 Å². The number of carboxylic acid groups (broad SMARTS) is 1. The maximum atomic E-state index is 11.0. The summed E-state index contributed by atoms with van der Waals surface area (Å²) in [6, 6.07) is 0. The minimum Gasteiger partial charge on any atom is -0.478 e. The van der Waals surface area contributed by atoms with Crippen molar-refractivity contribution < 1.29 is 42.4 Å². The highest BCUT2D eigenvalue weighted by atomic mass is 32.3. The van der Waals surface area contributed by atoms with Crippen LogP contribution in [0.15, 0.2) is 121 Å². The van der Waals surface area contributed by atoms with Gasteiger partial charge in [0.15, 0.2) is 0 Å². The molecule has 0 aliphatic rings. The van der Waals surface area contributed by atoms with Crippen LogP contribution >= 0.6 is 0 Å². The van der Waals surface area contributed by atoms with Crippen LogP contribution in [0.4, 0.5) is 0 Å². The fraction of sp³-hybridized carbons (Fsp3) is 0.417. The van der Waals surface area contributed by atoms with E-state index < -0.39 is 46.7 Å². The molecule has 7 unspecified atom stereocenters. The van der Waals surface area contributed by atoms with Crippen LogP contribution in [0.1, 0.15) is 53.9 Å². The standard InChI is InChI=1S/C36H52O9S/c1-28(24-20-16-12-11-13-17-21-25-29(2)36(40)41)35(39)31(4)33(38)26-22-18-14-9-7-6-8-10-15-19-23-27-34(30(3)32(5)37)45-46(42,43)44/h6-11,13-15,17-26,28,30-35,37-39H,12,16,27H2,1-5H3,(H,40,41)(H,42,43,44). The van der Waals surface area contributed by atoms with E-state index in [9.17, 15) is 28.5 Å². The SMILES string of the molecule is CC(=CC=CC=CCCC=CC(C)C(O)C(C)C(O)C=CC=CC=CC=CC=CC=CCC(OS(=O)(=O)O)C(C)C(C)O)C(=O)O. The zero-order valence-electron chi connectivity index (χ0n) is 27.4. The Morgan fingerprint density at radius 2 is 1.20 bits per heavy atom. The quantitative estimate of drug-likeness (QED) is 0.0291. The Morgan fingerprint density at radius 1 is 0.696 bits per heavy atom. The lowest BCUT2D eigenvalue weighted by Crippen LogP contribution is -2.32. The van der Waals surface area contributed by atoms with Crippen LogP contribution in [-0.4, -0.2) is 63.8 Å². The van der Waals surface area contributed by atoms with Gasteiger partial charge in [-0.25, -0.2) is 8.98 Å². The van der Waals surface area contributed by atoms with Gasteiger partial charge in [0.2, 0.25) is 0 Å². The number of hydrogen-bond donors (Lipinski definition) is 5. The molecule has 0 radical (unpaired) electrons. The summed E-state index contributed by atoms with van der Waals surface area (Å²) in [5.41, 5.74) is 0.273. The lowest BCUT2D eigenvalue weighted by Gasteiger charge is -2.25. The summed E-state index contributed by atoms with van der Waals surface area (Å²) in [4.78, 5) is 10.7. The predicted octanol–water partition coefficient (Wildman–Crippen LogP) is 6.39. The normalized spacial score (nSPS) is 18.8. The van der Waals surface area contributed by atoms with Crippen molar-refractivity contribution in [3.05, 3.63) is 121 Å². The molecule has 0 heterocycles. The number of aliphatic hydroxyl groups is 3. The van der Waals surface area contributed by atoms with Crippen molar-refractivity contribution in [1.29, 1.82) is 0 Å². The van der Waals surface area contributed by atoms with Gasteiger partial charge in [0.25, 0.3) is 0 Å². The third-order valence-corrected chi connectivity index (χ3v) is 7.49. The molecule has 0 fully saturated rings. The molecule has 10 heteroatoms. The van der Waals surface area contributed by atoms with Crippen molar-refractivity contribution >= 4 is 16.4 Å². The molecule has 46 heavy (non-hydrogen) atoms. The van der Waals surface area contributed by atoms with E-state index in [1.165, 1.54) is 19.9 Å². The van der Waals surface area contributed by atoms with Gasteiger partial charge < -0.3 is 20.4 Å². The molecular weight excluding hydrogens is 608 g/mol. The predicted molar refractivity (Wildman–Crippen MR) is 185 cm³/mol. The molecule has 0 amide bonds. The summed E-state index contributed by atoms with van der Waals surface area (Å²) in [7, 11) is -4.62. The molecule has 0 aromatic rings. The molecule has 0 saturated heterocycles. The average Bonchev–Trinajstić information content (AvgIpc) is 2.99. The van der Waals surface area contributed by atoms with Crippen molar-refractivity contribution in [2.75, 3.05) is 0 Å². The van der Waals surface area contributed by atoms with Crippen LogP contribution in [0, 0.1) is 17.8 Å². The molecule has 7 atom stereocenters. The Bertz CT molecular complexity index is 1280. The summed E-state index contributed by atoms with van der Waals surface area (Å²) in [5, 5.41) is 39.6. The molecule has 0 rings (SSSR count). The number of carboxylic acids is 1. The minimum absolute atomic E-state index is 0.129. The summed E-state index contributed by atoms with van der Waals surface area (Å²) in [6.45, 7) is 8.41. The monoisotopic (exact) mass is 660 g/mol. The average molecular weight is 661 g/mol. The largest absolute Gasteiger partial charge is 0.478 e. The fourth-order valence-electron chi connectivity index (χ4n) is 3.77. The smallest absolute Gasteiger partial charge is 0.397 e. The van der Waals surface area contributed by atoms with Crippen molar-refractivity contribution in [2.45, 2.75) is 78.3 Å². The molecule has 0 bridgehead atoms. The molecule has 5 N–H and O–H groups in total. The Kier molecular flexibility index (Phi) is 23.0. The van der Waals surface area contributed by atoms with E-state index in [2.05, 4.69) is 4.18 Å². The first-order chi connectivity index (χ1) is 21.7. The third kappa shape index (κ3) is 22.2. The number of unbranched alkanes of at least 4 members (excludes halogenated alkanes) is 1. The molecule has 0 aliphatic heterocycles. The number of aliphatic hydroxyl groups excluding tert-OH is 3. The van der Waals surface area contributed by atoms with Gasteiger partial charge in [-0.3, -0.25) is 4.55 Å². The molecule has 0 spiro atoms.